The number of rotatable bonds is 5. The number of amides is 2. The number of thiophene rings is 1. The largest absolute Gasteiger partial charge is 0.444 e. The molecule has 28 heavy (non-hydrogen) atoms. The first kappa shape index (κ1) is 20.6. The van der Waals surface area contributed by atoms with Gasteiger partial charge in [-0.25, -0.2) is 4.79 Å². The predicted octanol–water partition coefficient (Wildman–Crippen LogP) is 3.57. The number of carbonyl (C=O) groups excluding carboxylic acids is 2. The Kier molecular flexibility index (Phi) is 6.57. The first-order valence-electron chi connectivity index (χ1n) is 9.78. The molecule has 3 rings (SSSR count). The lowest BCUT2D eigenvalue weighted by Crippen LogP contribution is -2.50. The van der Waals surface area contributed by atoms with Crippen LogP contribution in [0.4, 0.5) is 4.79 Å². The molecule has 1 aromatic heterocycles. The van der Waals surface area contributed by atoms with Crippen LogP contribution in [-0.4, -0.2) is 66.7 Å². The van der Waals surface area contributed by atoms with E-state index in [1.807, 2.05) is 50.4 Å². The number of carbonyl (C=O) groups is 2. The average molecular weight is 404 g/mol. The molecule has 2 amide bonds. The Hall–Kier alpha value is -2.12. The number of hydrogen-bond acceptors (Lipinski definition) is 5. The summed E-state index contributed by atoms with van der Waals surface area (Å²) in [6.07, 6.45) is 0.655. The van der Waals surface area contributed by atoms with Gasteiger partial charge in [0.2, 0.25) is 0 Å². The van der Waals surface area contributed by atoms with Crippen molar-refractivity contribution >= 4 is 33.4 Å². The average Bonchev–Trinajstić information content (AvgIpc) is 3.08. The van der Waals surface area contributed by atoms with E-state index in [1.54, 1.807) is 16.2 Å². The molecule has 0 radical (unpaired) electrons. The van der Waals surface area contributed by atoms with Gasteiger partial charge in [0.25, 0.3) is 5.91 Å². The third-order valence-corrected chi connectivity index (χ3v) is 5.65. The van der Waals surface area contributed by atoms with Crippen molar-refractivity contribution in [3.05, 3.63) is 35.2 Å². The zero-order valence-corrected chi connectivity index (χ0v) is 17.7. The molecular formula is C21H29N3O3S. The number of hydrogen-bond donors (Lipinski definition) is 1. The first-order valence-corrected chi connectivity index (χ1v) is 10.7. The molecule has 2 heterocycles. The molecule has 0 atom stereocenters. The molecular weight excluding hydrogens is 374 g/mol. The summed E-state index contributed by atoms with van der Waals surface area (Å²) in [5.74, 6) is -0.00723. The minimum absolute atomic E-state index is 0.00723. The zero-order valence-electron chi connectivity index (χ0n) is 16.9. The van der Waals surface area contributed by atoms with Crippen LogP contribution in [0.5, 0.6) is 0 Å². The Morgan fingerprint density at radius 3 is 2.57 bits per heavy atom. The molecule has 7 heteroatoms. The molecule has 1 aromatic carbocycles. The van der Waals surface area contributed by atoms with E-state index >= 15 is 0 Å². The van der Waals surface area contributed by atoms with E-state index < -0.39 is 5.60 Å². The summed E-state index contributed by atoms with van der Waals surface area (Å²) in [6.45, 7) is 10.2. The van der Waals surface area contributed by atoms with E-state index in [0.717, 1.165) is 41.7 Å². The third kappa shape index (κ3) is 5.45. The van der Waals surface area contributed by atoms with Gasteiger partial charge < -0.3 is 15.0 Å². The lowest BCUT2D eigenvalue weighted by molar-refractivity contribution is 0.0144. The number of nitrogens with one attached hydrogen (secondary N) is 1. The summed E-state index contributed by atoms with van der Waals surface area (Å²) in [6, 6.07) is 7.98. The summed E-state index contributed by atoms with van der Waals surface area (Å²) < 4.78 is 6.56. The topological polar surface area (TPSA) is 61.9 Å². The van der Waals surface area contributed by atoms with E-state index in [1.165, 1.54) is 0 Å². The van der Waals surface area contributed by atoms with Crippen molar-refractivity contribution in [2.45, 2.75) is 32.8 Å². The molecule has 1 aliphatic heterocycles. The summed E-state index contributed by atoms with van der Waals surface area (Å²) in [5.41, 5.74) is 0.298. The van der Waals surface area contributed by atoms with Gasteiger partial charge in [-0.15, -0.1) is 11.3 Å². The van der Waals surface area contributed by atoms with E-state index in [9.17, 15) is 9.59 Å². The molecule has 0 aliphatic carbocycles. The van der Waals surface area contributed by atoms with Gasteiger partial charge >= 0.3 is 6.09 Å². The van der Waals surface area contributed by atoms with Gasteiger partial charge in [0.1, 0.15) is 5.60 Å². The van der Waals surface area contributed by atoms with Crippen LogP contribution in [0.1, 0.15) is 37.6 Å². The van der Waals surface area contributed by atoms with Crippen LogP contribution in [0, 0.1) is 0 Å². The van der Waals surface area contributed by atoms with Gasteiger partial charge in [0.15, 0.2) is 0 Å². The molecule has 1 N–H and O–H groups in total. The molecule has 0 bridgehead atoms. The fraction of sp³-hybridized carbons (Fsp3) is 0.524. The van der Waals surface area contributed by atoms with Crippen LogP contribution in [0.3, 0.4) is 0 Å². The molecule has 0 spiro atoms. The van der Waals surface area contributed by atoms with Gasteiger partial charge in [-0.1, -0.05) is 18.2 Å². The molecule has 6 nitrogen and oxygen atoms in total. The van der Waals surface area contributed by atoms with Crippen molar-refractivity contribution in [3.63, 3.8) is 0 Å². The number of piperazine rings is 1. The number of fused-ring (bicyclic) bond motifs is 1. The van der Waals surface area contributed by atoms with Crippen LogP contribution < -0.4 is 5.32 Å². The minimum Gasteiger partial charge on any atom is -0.444 e. The van der Waals surface area contributed by atoms with Crippen LogP contribution >= 0.6 is 11.3 Å². The van der Waals surface area contributed by atoms with Gasteiger partial charge in [0, 0.05) is 48.2 Å². The summed E-state index contributed by atoms with van der Waals surface area (Å²) in [4.78, 5) is 28.6. The van der Waals surface area contributed by atoms with Crippen molar-refractivity contribution in [1.29, 1.82) is 0 Å². The third-order valence-electron chi connectivity index (χ3n) is 4.69. The first-order chi connectivity index (χ1) is 13.3. The van der Waals surface area contributed by atoms with E-state index in [4.69, 9.17) is 4.74 Å². The van der Waals surface area contributed by atoms with Gasteiger partial charge in [-0.2, -0.15) is 0 Å². The van der Waals surface area contributed by atoms with Crippen molar-refractivity contribution < 1.29 is 14.3 Å². The highest BCUT2D eigenvalue weighted by atomic mass is 32.1. The smallest absolute Gasteiger partial charge is 0.410 e. The highest BCUT2D eigenvalue weighted by Crippen LogP contribution is 2.25. The van der Waals surface area contributed by atoms with E-state index in [2.05, 4.69) is 10.2 Å². The normalized spacial score (nSPS) is 15.6. The fourth-order valence-corrected chi connectivity index (χ4v) is 4.17. The van der Waals surface area contributed by atoms with E-state index in [0.29, 0.717) is 19.6 Å². The molecule has 0 saturated carbocycles. The van der Waals surface area contributed by atoms with E-state index in [-0.39, 0.29) is 12.0 Å². The quantitative estimate of drug-likeness (QED) is 0.776. The highest BCUT2D eigenvalue weighted by molar-refractivity contribution is 7.17. The maximum absolute atomic E-state index is 12.4. The standard InChI is InChI=1S/C21H29N3O3S/c1-21(2,3)27-20(26)24-13-11-23(12-14-24)10-6-9-22-19(25)17-15-28-18-8-5-4-7-16(17)18/h4-5,7-8,15H,6,9-14H2,1-3H3,(H,22,25). The van der Waals surface area contributed by atoms with Crippen LogP contribution in [0.15, 0.2) is 29.6 Å². The Balaban J connectivity index is 1.36. The van der Waals surface area contributed by atoms with Crippen molar-refractivity contribution in [3.8, 4) is 0 Å². The molecule has 1 aliphatic rings. The monoisotopic (exact) mass is 403 g/mol. The maximum Gasteiger partial charge on any atom is 0.410 e. The van der Waals surface area contributed by atoms with Crippen LogP contribution in [0.2, 0.25) is 0 Å². The van der Waals surface area contributed by atoms with Gasteiger partial charge in [0.05, 0.1) is 5.56 Å². The van der Waals surface area contributed by atoms with Crippen molar-refractivity contribution in [2.24, 2.45) is 0 Å². The van der Waals surface area contributed by atoms with Gasteiger partial charge in [-0.05, 0) is 39.8 Å². The fourth-order valence-electron chi connectivity index (χ4n) is 3.23. The molecule has 1 saturated heterocycles. The summed E-state index contributed by atoms with van der Waals surface area (Å²) in [7, 11) is 0. The number of nitrogens with zero attached hydrogens (tertiary/aromatic N) is 2. The molecule has 2 aromatic rings. The van der Waals surface area contributed by atoms with Crippen molar-refractivity contribution in [1.82, 2.24) is 15.1 Å². The second kappa shape index (κ2) is 8.92. The second-order valence-electron chi connectivity index (χ2n) is 8.06. The van der Waals surface area contributed by atoms with Crippen LogP contribution in [0.25, 0.3) is 10.1 Å². The summed E-state index contributed by atoms with van der Waals surface area (Å²) in [5, 5.41) is 5.97. The maximum atomic E-state index is 12.4. The van der Waals surface area contributed by atoms with Crippen molar-refractivity contribution in [2.75, 3.05) is 39.3 Å². The highest BCUT2D eigenvalue weighted by Gasteiger charge is 2.25. The number of benzene rings is 1. The Morgan fingerprint density at radius 2 is 1.86 bits per heavy atom. The van der Waals surface area contributed by atoms with Gasteiger partial charge in [-0.3, -0.25) is 9.69 Å². The second-order valence-corrected chi connectivity index (χ2v) is 8.98. The molecule has 1 fully saturated rings. The SMILES string of the molecule is CC(C)(C)OC(=O)N1CCN(CCCNC(=O)c2csc3ccccc23)CC1. The lowest BCUT2D eigenvalue weighted by atomic mass is 10.1. The Morgan fingerprint density at radius 1 is 1.14 bits per heavy atom. The molecule has 152 valence electrons. The molecule has 0 unspecified atom stereocenters. The van der Waals surface area contributed by atoms with Crippen LogP contribution in [-0.2, 0) is 4.74 Å². The Bertz CT molecular complexity index is 820. The zero-order chi connectivity index (χ0) is 20.1. The summed E-state index contributed by atoms with van der Waals surface area (Å²) >= 11 is 1.60. The minimum atomic E-state index is -0.458. The lowest BCUT2D eigenvalue weighted by Gasteiger charge is -2.35. The number of ether oxygens (including phenoxy) is 1. The predicted molar refractivity (Wildman–Crippen MR) is 113 cm³/mol. The Labute approximate surface area is 170 Å².